The Morgan fingerprint density at radius 2 is 1.83 bits per heavy atom. The average molecular weight is 391 g/mol. The quantitative estimate of drug-likeness (QED) is 0.459. The van der Waals surface area contributed by atoms with E-state index in [2.05, 4.69) is 48.3 Å². The van der Waals surface area contributed by atoms with Crippen LogP contribution in [0, 0.1) is 6.92 Å². The van der Waals surface area contributed by atoms with E-state index < -0.39 is 0 Å². The summed E-state index contributed by atoms with van der Waals surface area (Å²) in [6.45, 7) is 1.97. The Morgan fingerprint density at radius 1 is 0.867 bits per heavy atom. The third kappa shape index (κ3) is 2.60. The summed E-state index contributed by atoms with van der Waals surface area (Å²) in [6, 6.07) is 16.2. The Kier molecular flexibility index (Phi) is 3.55. The standard InChI is InChI=1S/C23H17N7/c1-14-12-30(13-26-14)23-17-11-21(27-19(17)7-9-25-23)22-16-10-15(5-6-20(16)28-29-22)18-4-2-3-8-24-18/h2-13,27H,1H3,(H,28,29). The Balaban J connectivity index is 1.52. The number of imidazole rings is 1. The van der Waals surface area contributed by atoms with Crippen molar-refractivity contribution >= 4 is 21.8 Å². The molecule has 0 amide bonds. The molecule has 144 valence electrons. The monoisotopic (exact) mass is 391 g/mol. The lowest BCUT2D eigenvalue weighted by molar-refractivity contribution is 1.01. The zero-order valence-electron chi connectivity index (χ0n) is 16.2. The summed E-state index contributed by atoms with van der Waals surface area (Å²) >= 11 is 0. The zero-order valence-corrected chi connectivity index (χ0v) is 16.2. The molecule has 0 atom stereocenters. The van der Waals surface area contributed by atoms with Crippen LogP contribution in [0.1, 0.15) is 5.69 Å². The molecule has 6 rings (SSSR count). The highest BCUT2D eigenvalue weighted by Gasteiger charge is 2.15. The van der Waals surface area contributed by atoms with Crippen LogP contribution in [0.2, 0.25) is 0 Å². The van der Waals surface area contributed by atoms with Crippen LogP contribution in [0.4, 0.5) is 0 Å². The number of aromatic nitrogens is 7. The Hall–Kier alpha value is -4.26. The highest BCUT2D eigenvalue weighted by atomic mass is 15.1. The number of aromatic amines is 2. The molecule has 0 spiro atoms. The topological polar surface area (TPSA) is 88.1 Å². The Labute approximate surface area is 171 Å². The van der Waals surface area contributed by atoms with Crippen molar-refractivity contribution in [3.05, 3.63) is 79.1 Å². The van der Waals surface area contributed by atoms with Crippen LogP contribution in [0.15, 0.2) is 73.4 Å². The number of H-pyrrole nitrogens is 2. The molecule has 0 aliphatic heterocycles. The zero-order chi connectivity index (χ0) is 20.1. The molecule has 7 heteroatoms. The Bertz CT molecular complexity index is 1510. The number of fused-ring (bicyclic) bond motifs is 2. The second-order valence-electron chi connectivity index (χ2n) is 7.25. The lowest BCUT2D eigenvalue weighted by atomic mass is 10.1. The van der Waals surface area contributed by atoms with Crippen LogP contribution < -0.4 is 0 Å². The first-order valence-corrected chi connectivity index (χ1v) is 9.65. The molecule has 30 heavy (non-hydrogen) atoms. The van der Waals surface area contributed by atoms with Gasteiger partial charge in [0.1, 0.15) is 17.8 Å². The first-order chi connectivity index (χ1) is 14.8. The van der Waals surface area contributed by atoms with Crippen molar-refractivity contribution < 1.29 is 0 Å². The summed E-state index contributed by atoms with van der Waals surface area (Å²) in [6.07, 6.45) is 7.36. The van der Waals surface area contributed by atoms with E-state index in [4.69, 9.17) is 0 Å². The van der Waals surface area contributed by atoms with Crippen LogP contribution in [-0.4, -0.2) is 34.7 Å². The van der Waals surface area contributed by atoms with Crippen LogP contribution in [0.5, 0.6) is 0 Å². The number of nitrogens with one attached hydrogen (secondary N) is 2. The maximum atomic E-state index is 4.59. The molecule has 0 saturated heterocycles. The van der Waals surface area contributed by atoms with Gasteiger partial charge in [0, 0.05) is 34.9 Å². The molecule has 0 saturated carbocycles. The van der Waals surface area contributed by atoms with Crippen LogP contribution in [-0.2, 0) is 0 Å². The van der Waals surface area contributed by atoms with Gasteiger partial charge in [0.15, 0.2) is 0 Å². The number of pyridine rings is 2. The van der Waals surface area contributed by atoms with Gasteiger partial charge in [0.25, 0.3) is 0 Å². The van der Waals surface area contributed by atoms with Crippen LogP contribution >= 0.6 is 0 Å². The molecule has 0 aliphatic rings. The van der Waals surface area contributed by atoms with E-state index in [1.807, 2.05) is 48.0 Å². The largest absolute Gasteiger partial charge is 0.353 e. The van der Waals surface area contributed by atoms with Crippen LogP contribution in [0.3, 0.4) is 0 Å². The SMILES string of the molecule is Cc1cn(-c2nccc3[nH]c(-c4n[nH]c5ccc(-c6ccccn6)cc45)cc23)cn1. The normalized spacial score (nSPS) is 11.5. The highest BCUT2D eigenvalue weighted by Crippen LogP contribution is 2.32. The van der Waals surface area contributed by atoms with E-state index in [1.54, 1.807) is 18.7 Å². The molecule has 2 N–H and O–H groups in total. The van der Waals surface area contributed by atoms with E-state index in [9.17, 15) is 0 Å². The van der Waals surface area contributed by atoms with Gasteiger partial charge in [-0.05, 0) is 43.3 Å². The van der Waals surface area contributed by atoms with E-state index in [-0.39, 0.29) is 0 Å². The summed E-state index contributed by atoms with van der Waals surface area (Å²) in [4.78, 5) is 16.9. The van der Waals surface area contributed by atoms with E-state index in [1.165, 1.54) is 0 Å². The fourth-order valence-electron chi connectivity index (χ4n) is 3.82. The first-order valence-electron chi connectivity index (χ1n) is 9.65. The molecule has 0 aliphatic carbocycles. The number of nitrogens with zero attached hydrogens (tertiary/aromatic N) is 5. The molecule has 5 aromatic heterocycles. The third-order valence-corrected chi connectivity index (χ3v) is 5.26. The summed E-state index contributed by atoms with van der Waals surface area (Å²) < 4.78 is 1.94. The van der Waals surface area contributed by atoms with E-state index in [0.29, 0.717) is 0 Å². The summed E-state index contributed by atoms with van der Waals surface area (Å²) in [5, 5.41) is 9.78. The second-order valence-corrected chi connectivity index (χ2v) is 7.25. The number of hydrogen-bond donors (Lipinski definition) is 2. The molecule has 0 fully saturated rings. The minimum Gasteiger partial charge on any atom is -0.353 e. The molecular formula is C23H17N7. The molecular weight excluding hydrogens is 374 g/mol. The molecule has 0 unspecified atom stereocenters. The number of rotatable bonds is 3. The maximum absolute atomic E-state index is 4.59. The number of hydrogen-bond acceptors (Lipinski definition) is 4. The van der Waals surface area contributed by atoms with Gasteiger partial charge in [-0.1, -0.05) is 12.1 Å². The molecule has 6 aromatic rings. The first kappa shape index (κ1) is 16.7. The maximum Gasteiger partial charge on any atom is 0.147 e. The van der Waals surface area contributed by atoms with Crippen molar-refractivity contribution in [1.29, 1.82) is 0 Å². The minimum atomic E-state index is 0.838. The summed E-state index contributed by atoms with van der Waals surface area (Å²) in [5.74, 6) is 0.838. The predicted molar refractivity (Wildman–Crippen MR) is 116 cm³/mol. The third-order valence-electron chi connectivity index (χ3n) is 5.26. The van der Waals surface area contributed by atoms with Gasteiger partial charge in [-0.15, -0.1) is 0 Å². The van der Waals surface area contributed by atoms with Gasteiger partial charge >= 0.3 is 0 Å². The van der Waals surface area contributed by atoms with Crippen molar-refractivity contribution in [3.8, 4) is 28.5 Å². The molecule has 1 aromatic carbocycles. The predicted octanol–water partition coefficient (Wildman–Crippen LogP) is 4.66. The highest BCUT2D eigenvalue weighted by molar-refractivity contribution is 5.98. The van der Waals surface area contributed by atoms with Gasteiger partial charge in [-0.3, -0.25) is 14.6 Å². The molecule has 5 heterocycles. The fourth-order valence-corrected chi connectivity index (χ4v) is 3.82. The van der Waals surface area contributed by atoms with Crippen molar-refractivity contribution in [3.63, 3.8) is 0 Å². The van der Waals surface area contributed by atoms with Gasteiger partial charge in [-0.2, -0.15) is 5.10 Å². The van der Waals surface area contributed by atoms with E-state index in [0.717, 1.165) is 56.0 Å². The molecule has 0 bridgehead atoms. The lowest BCUT2D eigenvalue weighted by Gasteiger charge is -2.01. The van der Waals surface area contributed by atoms with Crippen molar-refractivity contribution in [2.24, 2.45) is 0 Å². The van der Waals surface area contributed by atoms with Crippen molar-refractivity contribution in [2.75, 3.05) is 0 Å². The van der Waals surface area contributed by atoms with Crippen molar-refractivity contribution in [1.82, 2.24) is 34.7 Å². The summed E-state index contributed by atoms with van der Waals surface area (Å²) in [5.41, 5.74) is 6.71. The van der Waals surface area contributed by atoms with Gasteiger partial charge < -0.3 is 4.98 Å². The second kappa shape index (κ2) is 6.38. The Morgan fingerprint density at radius 3 is 2.67 bits per heavy atom. The molecule has 0 radical (unpaired) electrons. The van der Waals surface area contributed by atoms with Gasteiger partial charge in [0.05, 0.1) is 28.1 Å². The summed E-state index contributed by atoms with van der Waals surface area (Å²) in [7, 11) is 0. The fraction of sp³-hybridized carbons (Fsp3) is 0.0435. The van der Waals surface area contributed by atoms with Crippen LogP contribution in [0.25, 0.3) is 50.3 Å². The number of aryl methyl sites for hydroxylation is 1. The van der Waals surface area contributed by atoms with Gasteiger partial charge in [-0.25, -0.2) is 9.97 Å². The van der Waals surface area contributed by atoms with Gasteiger partial charge in [0.2, 0.25) is 0 Å². The lowest BCUT2D eigenvalue weighted by Crippen LogP contribution is -1.94. The average Bonchev–Trinajstić information content (AvgIpc) is 3.51. The smallest absolute Gasteiger partial charge is 0.147 e. The molecule has 7 nitrogen and oxygen atoms in total. The number of benzene rings is 1. The minimum absolute atomic E-state index is 0.838. The van der Waals surface area contributed by atoms with Crippen molar-refractivity contribution in [2.45, 2.75) is 6.92 Å². The van der Waals surface area contributed by atoms with E-state index >= 15 is 0 Å².